The van der Waals surface area contributed by atoms with Crippen LogP contribution < -0.4 is 10.6 Å². The van der Waals surface area contributed by atoms with Gasteiger partial charge in [0.1, 0.15) is 0 Å². The van der Waals surface area contributed by atoms with Crippen molar-refractivity contribution in [2.24, 2.45) is 10.9 Å². The van der Waals surface area contributed by atoms with E-state index in [2.05, 4.69) is 36.4 Å². The fraction of sp³-hybridized carbons (Fsp3) is 0.933. The SMILES string of the molecule is CCCCCNC(=NCC1CCCN(C)C1)NCC. The Balaban J connectivity index is 2.30. The van der Waals surface area contributed by atoms with Gasteiger partial charge < -0.3 is 15.5 Å². The Morgan fingerprint density at radius 2 is 2.11 bits per heavy atom. The summed E-state index contributed by atoms with van der Waals surface area (Å²) in [5.41, 5.74) is 0. The molecule has 0 saturated carbocycles. The largest absolute Gasteiger partial charge is 0.357 e. The third-order valence-corrected chi connectivity index (χ3v) is 3.65. The van der Waals surface area contributed by atoms with Gasteiger partial charge in [0.25, 0.3) is 0 Å². The van der Waals surface area contributed by atoms with Gasteiger partial charge in [0.2, 0.25) is 0 Å². The Bertz CT molecular complexity index is 253. The van der Waals surface area contributed by atoms with E-state index in [-0.39, 0.29) is 0 Å². The lowest BCUT2D eigenvalue weighted by Gasteiger charge is -2.28. The van der Waals surface area contributed by atoms with Crippen LogP contribution in [0.5, 0.6) is 0 Å². The van der Waals surface area contributed by atoms with Crippen LogP contribution >= 0.6 is 0 Å². The molecule has 0 bridgehead atoms. The molecule has 4 nitrogen and oxygen atoms in total. The minimum atomic E-state index is 0.727. The summed E-state index contributed by atoms with van der Waals surface area (Å²) in [6.07, 6.45) is 6.43. The van der Waals surface area contributed by atoms with Crippen molar-refractivity contribution >= 4 is 5.96 Å². The molecule has 112 valence electrons. The molecule has 1 saturated heterocycles. The zero-order valence-corrected chi connectivity index (χ0v) is 13.0. The molecule has 0 aromatic rings. The van der Waals surface area contributed by atoms with Crippen molar-refractivity contribution in [2.75, 3.05) is 39.8 Å². The number of hydrogen-bond acceptors (Lipinski definition) is 2. The molecule has 0 aromatic carbocycles. The molecular weight excluding hydrogens is 236 g/mol. The number of rotatable bonds is 7. The fourth-order valence-electron chi connectivity index (χ4n) is 2.57. The smallest absolute Gasteiger partial charge is 0.191 e. The van der Waals surface area contributed by atoms with Gasteiger partial charge in [-0.25, -0.2) is 0 Å². The lowest BCUT2D eigenvalue weighted by Crippen LogP contribution is -2.39. The van der Waals surface area contributed by atoms with Gasteiger partial charge in [-0.3, -0.25) is 4.99 Å². The van der Waals surface area contributed by atoms with E-state index in [1.807, 2.05) is 0 Å². The molecule has 1 aliphatic heterocycles. The zero-order valence-electron chi connectivity index (χ0n) is 13.0. The summed E-state index contributed by atoms with van der Waals surface area (Å²) in [4.78, 5) is 7.16. The molecule has 4 heteroatoms. The number of likely N-dealkylation sites (tertiary alicyclic amines) is 1. The maximum Gasteiger partial charge on any atom is 0.191 e. The lowest BCUT2D eigenvalue weighted by atomic mass is 9.99. The number of nitrogens with one attached hydrogen (secondary N) is 2. The summed E-state index contributed by atoms with van der Waals surface area (Å²) >= 11 is 0. The molecule has 0 amide bonds. The van der Waals surface area contributed by atoms with Crippen LogP contribution in [0.4, 0.5) is 0 Å². The van der Waals surface area contributed by atoms with E-state index >= 15 is 0 Å². The van der Waals surface area contributed by atoms with Crippen LogP contribution in [0.1, 0.15) is 46.0 Å². The van der Waals surface area contributed by atoms with Gasteiger partial charge in [-0.2, -0.15) is 0 Å². The second-order valence-electron chi connectivity index (χ2n) is 5.62. The molecule has 0 spiro atoms. The summed E-state index contributed by atoms with van der Waals surface area (Å²) < 4.78 is 0. The van der Waals surface area contributed by atoms with Crippen molar-refractivity contribution in [3.8, 4) is 0 Å². The van der Waals surface area contributed by atoms with E-state index in [0.29, 0.717) is 0 Å². The molecule has 1 atom stereocenters. The molecule has 1 aliphatic rings. The molecule has 0 aliphatic carbocycles. The van der Waals surface area contributed by atoms with Crippen molar-refractivity contribution in [1.29, 1.82) is 0 Å². The third-order valence-electron chi connectivity index (χ3n) is 3.65. The molecule has 1 rings (SSSR count). The number of guanidine groups is 1. The first-order chi connectivity index (χ1) is 9.26. The molecule has 1 unspecified atom stereocenters. The lowest BCUT2D eigenvalue weighted by molar-refractivity contribution is 0.214. The minimum Gasteiger partial charge on any atom is -0.357 e. The monoisotopic (exact) mass is 268 g/mol. The number of nitrogens with zero attached hydrogens (tertiary/aromatic N) is 2. The van der Waals surface area contributed by atoms with Crippen molar-refractivity contribution < 1.29 is 0 Å². The molecule has 1 heterocycles. The van der Waals surface area contributed by atoms with E-state index in [4.69, 9.17) is 4.99 Å². The summed E-state index contributed by atoms with van der Waals surface area (Å²) in [7, 11) is 2.21. The minimum absolute atomic E-state index is 0.727. The molecule has 0 aromatic heterocycles. The van der Waals surface area contributed by atoms with Gasteiger partial charge in [0.15, 0.2) is 5.96 Å². The maximum atomic E-state index is 4.74. The van der Waals surface area contributed by atoms with Crippen molar-refractivity contribution in [1.82, 2.24) is 15.5 Å². The second-order valence-corrected chi connectivity index (χ2v) is 5.62. The number of unbranched alkanes of at least 4 members (excludes halogenated alkanes) is 2. The highest BCUT2D eigenvalue weighted by atomic mass is 15.2. The third kappa shape index (κ3) is 7.41. The molecule has 19 heavy (non-hydrogen) atoms. The standard InChI is InChI=1S/C15H32N4/c1-4-6-7-10-17-15(16-5-2)18-12-14-9-8-11-19(3)13-14/h14H,4-13H2,1-3H3,(H2,16,17,18). The van der Waals surface area contributed by atoms with E-state index in [0.717, 1.165) is 31.5 Å². The zero-order chi connectivity index (χ0) is 13.9. The quantitative estimate of drug-likeness (QED) is 0.422. The van der Waals surface area contributed by atoms with Gasteiger partial charge >= 0.3 is 0 Å². The van der Waals surface area contributed by atoms with Crippen molar-refractivity contribution in [2.45, 2.75) is 46.0 Å². The first-order valence-corrected chi connectivity index (χ1v) is 7.97. The predicted octanol–water partition coefficient (Wildman–Crippen LogP) is 2.07. The van der Waals surface area contributed by atoms with E-state index < -0.39 is 0 Å². The van der Waals surface area contributed by atoms with Gasteiger partial charge in [0, 0.05) is 26.2 Å². The molecule has 2 N–H and O–H groups in total. The van der Waals surface area contributed by atoms with Gasteiger partial charge in [-0.15, -0.1) is 0 Å². The summed E-state index contributed by atoms with van der Waals surface area (Å²) in [6, 6.07) is 0. The van der Waals surface area contributed by atoms with E-state index in [1.165, 1.54) is 45.2 Å². The molecular formula is C15H32N4. The van der Waals surface area contributed by atoms with Crippen molar-refractivity contribution in [3.63, 3.8) is 0 Å². The van der Waals surface area contributed by atoms with Crippen LogP contribution in [0, 0.1) is 5.92 Å². The van der Waals surface area contributed by atoms with Crippen LogP contribution in [0.25, 0.3) is 0 Å². The van der Waals surface area contributed by atoms with Gasteiger partial charge in [-0.05, 0) is 45.7 Å². The first kappa shape index (κ1) is 16.3. The Morgan fingerprint density at radius 3 is 2.79 bits per heavy atom. The van der Waals surface area contributed by atoms with Crippen LogP contribution in [0.2, 0.25) is 0 Å². The Kier molecular flexibility index (Phi) is 8.63. The summed E-state index contributed by atoms with van der Waals surface area (Å²) in [5.74, 6) is 1.72. The predicted molar refractivity (Wildman–Crippen MR) is 83.7 cm³/mol. The van der Waals surface area contributed by atoms with Crippen LogP contribution in [-0.4, -0.2) is 50.6 Å². The summed E-state index contributed by atoms with van der Waals surface area (Å²) in [5, 5.41) is 6.77. The normalized spacial score (nSPS) is 21.4. The van der Waals surface area contributed by atoms with Crippen LogP contribution in [-0.2, 0) is 0 Å². The number of aliphatic imine (C=N–C) groups is 1. The topological polar surface area (TPSA) is 39.7 Å². The maximum absolute atomic E-state index is 4.74. The second kappa shape index (κ2) is 10.1. The highest BCUT2D eigenvalue weighted by Gasteiger charge is 2.16. The number of hydrogen-bond donors (Lipinski definition) is 2. The average Bonchev–Trinajstić information content (AvgIpc) is 2.41. The van der Waals surface area contributed by atoms with Crippen LogP contribution in [0.15, 0.2) is 4.99 Å². The molecule has 1 fully saturated rings. The average molecular weight is 268 g/mol. The van der Waals surface area contributed by atoms with E-state index in [1.54, 1.807) is 0 Å². The van der Waals surface area contributed by atoms with E-state index in [9.17, 15) is 0 Å². The Labute approximate surface area is 119 Å². The van der Waals surface area contributed by atoms with Gasteiger partial charge in [0.05, 0.1) is 0 Å². The Hall–Kier alpha value is -0.770. The highest BCUT2D eigenvalue weighted by molar-refractivity contribution is 5.79. The van der Waals surface area contributed by atoms with Crippen molar-refractivity contribution in [3.05, 3.63) is 0 Å². The number of piperidine rings is 1. The highest BCUT2D eigenvalue weighted by Crippen LogP contribution is 2.14. The van der Waals surface area contributed by atoms with Gasteiger partial charge in [-0.1, -0.05) is 19.8 Å². The molecule has 0 radical (unpaired) electrons. The Morgan fingerprint density at radius 1 is 1.26 bits per heavy atom. The fourth-order valence-corrected chi connectivity index (χ4v) is 2.57. The summed E-state index contributed by atoms with van der Waals surface area (Å²) in [6.45, 7) is 9.71. The first-order valence-electron chi connectivity index (χ1n) is 7.97. The van der Waals surface area contributed by atoms with Crippen LogP contribution in [0.3, 0.4) is 0 Å².